The van der Waals surface area contributed by atoms with Gasteiger partial charge in [-0.15, -0.1) is 11.8 Å². The van der Waals surface area contributed by atoms with Gasteiger partial charge in [-0.25, -0.2) is 9.18 Å². The van der Waals surface area contributed by atoms with Crippen LogP contribution in [0.3, 0.4) is 0 Å². The molecule has 0 saturated carbocycles. The first-order valence-corrected chi connectivity index (χ1v) is 12.5. The Balaban J connectivity index is 1.18. The number of thioether (sulfide) groups is 1. The van der Waals surface area contributed by atoms with E-state index in [9.17, 15) is 14.0 Å². The molecule has 2 atom stereocenters. The molecule has 1 aromatic heterocycles. The Labute approximate surface area is 202 Å². The van der Waals surface area contributed by atoms with Gasteiger partial charge in [0.15, 0.2) is 0 Å². The van der Waals surface area contributed by atoms with Gasteiger partial charge < -0.3 is 9.64 Å². The largest absolute Gasteiger partial charge is 0.439 e. The van der Waals surface area contributed by atoms with E-state index in [0.717, 1.165) is 23.3 Å². The van der Waals surface area contributed by atoms with Crippen LogP contribution in [0.15, 0.2) is 65.7 Å². The van der Waals surface area contributed by atoms with Crippen molar-refractivity contribution in [3.8, 4) is 0 Å². The minimum absolute atomic E-state index is 0.0454. The van der Waals surface area contributed by atoms with E-state index in [-0.39, 0.29) is 41.8 Å². The molecule has 3 aromatic rings. The summed E-state index contributed by atoms with van der Waals surface area (Å²) < 4.78 is 19.4. The molecule has 2 aliphatic heterocycles. The lowest BCUT2D eigenvalue weighted by Crippen LogP contribution is -2.49. The van der Waals surface area contributed by atoms with Gasteiger partial charge >= 0.3 is 6.09 Å². The smallest absolute Gasteiger partial charge is 0.411 e. The molecule has 2 aromatic carbocycles. The van der Waals surface area contributed by atoms with E-state index in [4.69, 9.17) is 4.74 Å². The molecule has 5 rings (SSSR count). The maximum Gasteiger partial charge on any atom is 0.411 e. The van der Waals surface area contributed by atoms with E-state index in [1.165, 1.54) is 23.9 Å². The number of likely N-dealkylation sites (tertiary alicyclic amines) is 1. The molecule has 0 aliphatic carbocycles. The van der Waals surface area contributed by atoms with Crippen molar-refractivity contribution in [1.29, 1.82) is 0 Å². The molecule has 2 aliphatic rings. The van der Waals surface area contributed by atoms with Crippen LogP contribution in [0.5, 0.6) is 0 Å². The molecular weight excluding hydrogens is 453 g/mol. The van der Waals surface area contributed by atoms with Crippen LogP contribution in [-0.4, -0.2) is 57.7 Å². The van der Waals surface area contributed by atoms with Gasteiger partial charge in [0.2, 0.25) is 5.91 Å². The molecule has 2 amide bonds. The van der Waals surface area contributed by atoms with Gasteiger partial charge in [0.05, 0.1) is 17.3 Å². The van der Waals surface area contributed by atoms with Gasteiger partial charge in [0, 0.05) is 35.6 Å². The summed E-state index contributed by atoms with van der Waals surface area (Å²) in [6, 6.07) is 16.1. The highest BCUT2D eigenvalue weighted by Gasteiger charge is 2.44. The van der Waals surface area contributed by atoms with Crippen LogP contribution in [0.25, 0.3) is 10.9 Å². The molecule has 8 heteroatoms. The van der Waals surface area contributed by atoms with Crippen LogP contribution in [0.4, 0.5) is 9.18 Å². The molecule has 3 heterocycles. The Morgan fingerprint density at radius 2 is 1.91 bits per heavy atom. The lowest BCUT2D eigenvalue weighted by atomic mass is 9.98. The van der Waals surface area contributed by atoms with Gasteiger partial charge in [-0.05, 0) is 49.6 Å². The number of hydrogen-bond acceptors (Lipinski definition) is 5. The maximum absolute atomic E-state index is 13.7. The highest BCUT2D eigenvalue weighted by molar-refractivity contribution is 8.00. The number of nitrogens with zero attached hydrogens (tertiary/aromatic N) is 3. The molecule has 0 unspecified atom stereocenters. The standard InChI is InChI=1S/C26H26FN3O3S/c1-17-25(18-5-3-2-4-6-18)33-26(32)30(17)20-10-13-29(14-11-20)24(31)16-34-23-9-12-28-22-8-7-19(27)15-21(22)23/h2-9,12,15,17,20,25H,10-11,13-14,16H2,1H3/t17-,25-/m1/s1. The van der Waals surface area contributed by atoms with Crippen molar-refractivity contribution in [3.05, 3.63) is 72.2 Å². The van der Waals surface area contributed by atoms with Crippen molar-refractivity contribution >= 4 is 34.7 Å². The molecule has 2 fully saturated rings. The molecule has 34 heavy (non-hydrogen) atoms. The fourth-order valence-electron chi connectivity index (χ4n) is 4.89. The summed E-state index contributed by atoms with van der Waals surface area (Å²) in [5.74, 6) is 0.00220. The zero-order valence-electron chi connectivity index (χ0n) is 18.9. The van der Waals surface area contributed by atoms with Crippen LogP contribution in [-0.2, 0) is 9.53 Å². The van der Waals surface area contributed by atoms with E-state index in [2.05, 4.69) is 4.98 Å². The minimum Gasteiger partial charge on any atom is -0.439 e. The van der Waals surface area contributed by atoms with Crippen LogP contribution < -0.4 is 0 Å². The number of halogens is 1. The third-order valence-electron chi connectivity index (χ3n) is 6.67. The molecule has 0 N–H and O–H groups in total. The molecule has 2 saturated heterocycles. The predicted molar refractivity (Wildman–Crippen MR) is 129 cm³/mol. The second-order valence-electron chi connectivity index (χ2n) is 8.73. The van der Waals surface area contributed by atoms with Crippen LogP contribution in [0.2, 0.25) is 0 Å². The predicted octanol–water partition coefficient (Wildman–Crippen LogP) is 5.04. The van der Waals surface area contributed by atoms with Crippen molar-refractivity contribution in [2.45, 2.75) is 42.8 Å². The average Bonchev–Trinajstić information content (AvgIpc) is 3.16. The molecule has 176 valence electrons. The Bertz CT molecular complexity index is 1200. The molecule has 0 bridgehead atoms. The minimum atomic E-state index is -0.320. The topological polar surface area (TPSA) is 62.7 Å². The number of pyridine rings is 1. The molecule has 6 nitrogen and oxygen atoms in total. The lowest BCUT2D eigenvalue weighted by Gasteiger charge is -2.37. The lowest BCUT2D eigenvalue weighted by molar-refractivity contribution is -0.129. The van der Waals surface area contributed by atoms with Crippen molar-refractivity contribution in [2.24, 2.45) is 0 Å². The van der Waals surface area contributed by atoms with Crippen LogP contribution in [0, 0.1) is 5.82 Å². The average molecular weight is 480 g/mol. The quantitative estimate of drug-likeness (QED) is 0.480. The number of rotatable bonds is 5. The SMILES string of the molecule is C[C@@H]1[C@H](c2ccccc2)OC(=O)N1C1CCN(C(=O)CSc2ccnc3ccc(F)cc23)CC1. The number of carbonyl (C=O) groups excluding carboxylic acids is 2. The summed E-state index contributed by atoms with van der Waals surface area (Å²) in [7, 11) is 0. The maximum atomic E-state index is 13.7. The number of benzene rings is 2. The zero-order valence-corrected chi connectivity index (χ0v) is 19.7. The van der Waals surface area contributed by atoms with Crippen molar-refractivity contribution in [1.82, 2.24) is 14.8 Å². The monoisotopic (exact) mass is 479 g/mol. The number of cyclic esters (lactones) is 1. The van der Waals surface area contributed by atoms with E-state index >= 15 is 0 Å². The number of aromatic nitrogens is 1. The fourth-order valence-corrected chi connectivity index (χ4v) is 5.83. The zero-order chi connectivity index (χ0) is 23.7. The highest BCUT2D eigenvalue weighted by atomic mass is 32.2. The Morgan fingerprint density at radius 3 is 2.68 bits per heavy atom. The summed E-state index contributed by atoms with van der Waals surface area (Å²) in [6.07, 6.45) is 2.57. The van der Waals surface area contributed by atoms with Crippen molar-refractivity contribution < 1.29 is 18.7 Å². The van der Waals surface area contributed by atoms with Gasteiger partial charge in [-0.1, -0.05) is 30.3 Å². The van der Waals surface area contributed by atoms with Gasteiger partial charge in [0.25, 0.3) is 0 Å². The number of carbonyl (C=O) groups is 2. The summed E-state index contributed by atoms with van der Waals surface area (Å²) >= 11 is 1.40. The van der Waals surface area contributed by atoms with E-state index in [1.54, 1.807) is 12.3 Å². The normalized spacial score (nSPS) is 21.2. The van der Waals surface area contributed by atoms with Gasteiger partial charge in [-0.3, -0.25) is 14.7 Å². The number of hydrogen-bond donors (Lipinski definition) is 0. The van der Waals surface area contributed by atoms with E-state index < -0.39 is 0 Å². The fraction of sp³-hybridized carbons (Fsp3) is 0.346. The first-order valence-electron chi connectivity index (χ1n) is 11.5. The van der Waals surface area contributed by atoms with Crippen molar-refractivity contribution in [2.75, 3.05) is 18.8 Å². The Kier molecular flexibility index (Phi) is 6.41. The van der Waals surface area contributed by atoms with Gasteiger partial charge in [-0.2, -0.15) is 0 Å². The van der Waals surface area contributed by atoms with Gasteiger partial charge in [0.1, 0.15) is 11.9 Å². The summed E-state index contributed by atoms with van der Waals surface area (Å²) in [5.41, 5.74) is 1.71. The third kappa shape index (κ3) is 4.46. The Morgan fingerprint density at radius 1 is 1.15 bits per heavy atom. The Hall–Kier alpha value is -3.13. The number of ether oxygens (including phenoxy) is 1. The summed E-state index contributed by atoms with van der Waals surface area (Å²) in [5, 5.41) is 0.716. The second kappa shape index (κ2) is 9.62. The van der Waals surface area contributed by atoms with Crippen molar-refractivity contribution in [3.63, 3.8) is 0 Å². The number of piperidine rings is 1. The van der Waals surface area contributed by atoms with E-state index in [0.29, 0.717) is 24.0 Å². The second-order valence-corrected chi connectivity index (χ2v) is 9.75. The highest BCUT2D eigenvalue weighted by Crippen LogP contribution is 2.36. The summed E-state index contributed by atoms with van der Waals surface area (Å²) in [4.78, 5) is 34.4. The van der Waals surface area contributed by atoms with Crippen LogP contribution >= 0.6 is 11.8 Å². The number of amides is 2. The third-order valence-corrected chi connectivity index (χ3v) is 7.73. The first kappa shape index (κ1) is 22.7. The summed E-state index contributed by atoms with van der Waals surface area (Å²) in [6.45, 7) is 3.23. The molecule has 0 spiro atoms. The van der Waals surface area contributed by atoms with Crippen LogP contribution in [0.1, 0.15) is 31.4 Å². The van der Waals surface area contributed by atoms with E-state index in [1.807, 2.05) is 53.1 Å². The number of fused-ring (bicyclic) bond motifs is 1. The molecular formula is C26H26FN3O3S. The first-order chi connectivity index (χ1) is 16.5. The molecule has 0 radical (unpaired) electrons.